The fourth-order valence-electron chi connectivity index (χ4n) is 6.26. The van der Waals surface area contributed by atoms with Gasteiger partial charge in [0.2, 0.25) is 5.91 Å². The maximum absolute atomic E-state index is 14.0. The average Bonchev–Trinajstić information content (AvgIpc) is 3.88. The highest BCUT2D eigenvalue weighted by molar-refractivity contribution is 7.89. The number of alkyl halides is 3. The van der Waals surface area contributed by atoms with E-state index in [1.54, 1.807) is 36.4 Å². The number of imide groups is 1. The third kappa shape index (κ3) is 11.6. The van der Waals surface area contributed by atoms with Crippen LogP contribution in [-0.4, -0.2) is 84.4 Å². The lowest BCUT2D eigenvalue weighted by atomic mass is 9.98. The first-order valence-corrected chi connectivity index (χ1v) is 19.6. The standard InChI is InChI=1S/C36H36FN5O7S2.C2HF3O2/c1-42(22-25-4-8-26(37)9-5-25)19-2-3-28(23-42)41(35(44)31(38)21-24-6-12-29(43)13-7-24)36(45)39-27-10-14-30(15-11-27)49-51(46,47)34-17-16-33(50-34)32-18-20-48-40-32;3-2(4,5)1(6)7/h4-18,20,28,31H,2-3,19,21-23,38H2,1H3,(H-,39,43,45);(H,6,7)/t28-,31-,42?;/m0./s1. The minimum Gasteiger partial charge on any atom is -0.542 e. The Morgan fingerprint density at radius 3 is 2.28 bits per heavy atom. The smallest absolute Gasteiger partial charge is 0.430 e. The van der Waals surface area contributed by atoms with Crippen LogP contribution in [0.25, 0.3) is 10.6 Å². The van der Waals surface area contributed by atoms with Crippen LogP contribution in [0.1, 0.15) is 24.0 Å². The third-order valence-corrected chi connectivity index (χ3v) is 11.8. The number of phenols is 1. The number of anilines is 1. The number of carboxylic acids is 1. The quantitative estimate of drug-likeness (QED) is 0.0911. The number of phenolic OH excluding ortho intramolecular Hbond substituents is 1. The van der Waals surface area contributed by atoms with Crippen LogP contribution in [0, 0.1) is 5.82 Å². The molecule has 0 bridgehead atoms. The average molecular weight is 848 g/mol. The third-order valence-electron chi connectivity index (χ3n) is 8.96. The van der Waals surface area contributed by atoms with Crippen LogP contribution in [0.5, 0.6) is 11.5 Å². The number of carboxylic acid groups (broad SMARTS) is 1. The summed E-state index contributed by atoms with van der Waals surface area (Å²) < 4.78 is 81.7. The van der Waals surface area contributed by atoms with Gasteiger partial charge in [-0.05, 0) is 85.5 Å². The molecule has 5 aromatic rings. The van der Waals surface area contributed by atoms with Crippen molar-refractivity contribution >= 4 is 45.0 Å². The summed E-state index contributed by atoms with van der Waals surface area (Å²) in [6.07, 6.45) is -2.36. The molecule has 0 saturated carbocycles. The number of benzene rings is 3. The minimum atomic E-state index is -5.19. The number of nitrogens with zero attached hydrogens (tertiary/aromatic N) is 3. The molecule has 6 rings (SSSR count). The lowest BCUT2D eigenvalue weighted by molar-refractivity contribution is -0.928. The highest BCUT2D eigenvalue weighted by Crippen LogP contribution is 2.32. The van der Waals surface area contributed by atoms with E-state index in [9.17, 15) is 40.7 Å². The molecule has 14 nitrogen and oxygen atoms in total. The molecule has 1 unspecified atom stereocenters. The molecule has 2 aromatic heterocycles. The molecule has 1 aliphatic rings. The van der Waals surface area contributed by atoms with Gasteiger partial charge in [-0.2, -0.15) is 21.6 Å². The van der Waals surface area contributed by atoms with Gasteiger partial charge in [0, 0.05) is 17.3 Å². The van der Waals surface area contributed by atoms with E-state index in [0.717, 1.165) is 35.4 Å². The number of amides is 3. The van der Waals surface area contributed by atoms with Crippen molar-refractivity contribution in [1.82, 2.24) is 10.1 Å². The lowest BCUT2D eigenvalue weighted by Gasteiger charge is -2.44. The zero-order valence-electron chi connectivity index (χ0n) is 30.6. The largest absolute Gasteiger partial charge is 0.542 e. The normalized spacial score (nSPS) is 17.3. The monoisotopic (exact) mass is 847 g/mol. The van der Waals surface area contributed by atoms with Crippen LogP contribution in [0.3, 0.4) is 0 Å². The van der Waals surface area contributed by atoms with Crippen molar-refractivity contribution in [3.63, 3.8) is 0 Å². The number of likely N-dealkylation sites (tertiary alicyclic amines) is 1. The van der Waals surface area contributed by atoms with Gasteiger partial charge in [-0.3, -0.25) is 9.69 Å². The molecule has 308 valence electrons. The van der Waals surface area contributed by atoms with Gasteiger partial charge in [0.05, 0.1) is 30.6 Å². The van der Waals surface area contributed by atoms with Gasteiger partial charge >= 0.3 is 22.3 Å². The molecule has 20 heteroatoms. The number of piperidine rings is 1. The van der Waals surface area contributed by atoms with E-state index >= 15 is 0 Å². The van der Waals surface area contributed by atoms with Crippen LogP contribution < -0.4 is 20.3 Å². The number of aromatic nitrogens is 1. The molecule has 1 aliphatic heterocycles. The summed E-state index contributed by atoms with van der Waals surface area (Å²) in [5, 5.41) is 25.1. The summed E-state index contributed by atoms with van der Waals surface area (Å²) in [6, 6.07) is 20.8. The summed E-state index contributed by atoms with van der Waals surface area (Å²) in [6.45, 7) is 1.83. The number of nitrogens with one attached hydrogen (secondary N) is 1. The second-order valence-corrected chi connectivity index (χ2v) is 16.4. The molecular formula is C38H37F4N5O9S2. The highest BCUT2D eigenvalue weighted by Gasteiger charge is 2.41. The van der Waals surface area contributed by atoms with Crippen molar-refractivity contribution < 1.29 is 63.8 Å². The van der Waals surface area contributed by atoms with Gasteiger partial charge in [0.1, 0.15) is 48.3 Å². The van der Waals surface area contributed by atoms with E-state index < -0.39 is 46.3 Å². The number of urea groups is 1. The van der Waals surface area contributed by atoms with Crippen LogP contribution in [0.2, 0.25) is 0 Å². The van der Waals surface area contributed by atoms with Gasteiger partial charge in [0.15, 0.2) is 4.21 Å². The van der Waals surface area contributed by atoms with E-state index in [1.165, 1.54) is 65.8 Å². The Morgan fingerprint density at radius 2 is 1.67 bits per heavy atom. The Labute approximate surface area is 333 Å². The van der Waals surface area contributed by atoms with Crippen molar-refractivity contribution in [3.8, 4) is 22.1 Å². The number of carbonyl (C=O) groups excluding carboxylic acids is 3. The SMILES string of the molecule is C[N+]1(Cc2ccc(F)cc2)CCC[C@H](N(C(=O)Nc2ccc(OS(=O)(=O)c3ccc(-c4ccon4)s3)cc2)C(=O)[C@@H](N)Cc2ccc(O)cc2)C1.O=C([O-])C(F)(F)F. The second kappa shape index (κ2) is 18.2. The molecular weight excluding hydrogens is 811 g/mol. The predicted molar refractivity (Wildman–Crippen MR) is 200 cm³/mol. The summed E-state index contributed by atoms with van der Waals surface area (Å²) in [5.74, 6) is -3.79. The van der Waals surface area contributed by atoms with Crippen molar-refractivity contribution in [2.24, 2.45) is 5.73 Å². The first-order valence-electron chi connectivity index (χ1n) is 17.4. The molecule has 58 heavy (non-hydrogen) atoms. The van der Waals surface area contributed by atoms with Gasteiger partial charge in [0.25, 0.3) is 0 Å². The van der Waals surface area contributed by atoms with Gasteiger partial charge in [-0.25, -0.2) is 9.18 Å². The number of thiophene rings is 1. The van der Waals surface area contributed by atoms with E-state index in [0.29, 0.717) is 40.3 Å². The van der Waals surface area contributed by atoms with Crippen molar-refractivity contribution in [3.05, 3.63) is 114 Å². The van der Waals surface area contributed by atoms with Crippen molar-refractivity contribution in [2.45, 2.75) is 48.3 Å². The Balaban J connectivity index is 0.000000839. The van der Waals surface area contributed by atoms with Crippen molar-refractivity contribution in [2.75, 3.05) is 25.5 Å². The lowest BCUT2D eigenvalue weighted by Crippen LogP contribution is -2.62. The first-order chi connectivity index (χ1) is 27.3. The minimum absolute atomic E-state index is 0.0204. The molecule has 0 spiro atoms. The first kappa shape index (κ1) is 43.3. The number of likely N-dealkylation sites (N-methyl/N-ethyl adjacent to an activating group) is 1. The summed E-state index contributed by atoms with van der Waals surface area (Å²) in [5.41, 5.74) is 8.89. The predicted octanol–water partition coefficient (Wildman–Crippen LogP) is 5.05. The van der Waals surface area contributed by atoms with E-state index in [1.807, 2.05) is 7.05 Å². The molecule has 3 amide bonds. The fourth-order valence-corrected chi connectivity index (χ4v) is 8.42. The molecule has 4 N–H and O–H groups in total. The van der Waals surface area contributed by atoms with Crippen LogP contribution >= 0.6 is 11.3 Å². The molecule has 1 fully saturated rings. The highest BCUT2D eigenvalue weighted by atomic mass is 32.3. The van der Waals surface area contributed by atoms with E-state index in [2.05, 4.69) is 10.5 Å². The molecule has 1 saturated heterocycles. The zero-order chi connectivity index (χ0) is 42.3. The number of halogens is 4. The van der Waals surface area contributed by atoms with Gasteiger partial charge in [-0.15, -0.1) is 11.3 Å². The Hall–Kier alpha value is -5.83. The number of hydrogen-bond donors (Lipinski definition) is 3. The molecule has 0 radical (unpaired) electrons. The topological polar surface area (TPSA) is 205 Å². The Kier molecular flexibility index (Phi) is 13.6. The summed E-state index contributed by atoms with van der Waals surface area (Å²) in [4.78, 5) is 38.6. The summed E-state index contributed by atoms with van der Waals surface area (Å²) >= 11 is 0.984. The summed E-state index contributed by atoms with van der Waals surface area (Å²) in [7, 11) is -2.11. The number of nitrogens with two attached hydrogens (primary N) is 1. The van der Waals surface area contributed by atoms with E-state index in [-0.39, 0.29) is 27.9 Å². The number of rotatable bonds is 11. The molecule has 3 aromatic carbocycles. The van der Waals surface area contributed by atoms with Crippen LogP contribution in [-0.2, 0) is 32.7 Å². The molecule has 3 heterocycles. The van der Waals surface area contributed by atoms with Gasteiger partial charge < -0.3 is 39.2 Å². The molecule has 3 atom stereocenters. The van der Waals surface area contributed by atoms with E-state index in [4.69, 9.17) is 24.3 Å². The van der Waals surface area contributed by atoms with Crippen LogP contribution in [0.15, 0.2) is 106 Å². The second-order valence-electron chi connectivity index (χ2n) is 13.6. The van der Waals surface area contributed by atoms with Crippen molar-refractivity contribution in [1.29, 1.82) is 0 Å². The number of quaternary nitrogens is 1. The maximum atomic E-state index is 14.0. The maximum Gasteiger partial charge on any atom is 0.430 e. The number of hydrogen-bond acceptors (Lipinski definition) is 12. The Bertz CT molecular complexity index is 2290. The number of aromatic hydroxyl groups is 1. The van der Waals surface area contributed by atoms with Crippen LogP contribution in [0.4, 0.5) is 28.0 Å². The van der Waals surface area contributed by atoms with Gasteiger partial charge in [-0.1, -0.05) is 29.4 Å². The number of aliphatic carboxylic acids is 1. The molecule has 0 aliphatic carbocycles. The fraction of sp³-hybridized carbons (Fsp3) is 0.263. The number of carbonyl (C=O) groups is 3. The Morgan fingerprint density at radius 1 is 1.03 bits per heavy atom. The zero-order valence-corrected chi connectivity index (χ0v) is 32.2.